The normalized spacial score (nSPS) is 12.2. The Labute approximate surface area is 213 Å². The van der Waals surface area contributed by atoms with Crippen LogP contribution >= 0.6 is 24.0 Å². The first kappa shape index (κ1) is 26.7. The maximum Gasteiger partial charge on any atom is 0.191 e. The molecule has 8 heteroatoms. The van der Waals surface area contributed by atoms with Gasteiger partial charge in [-0.15, -0.1) is 24.0 Å². The molecule has 0 aliphatic rings. The van der Waals surface area contributed by atoms with E-state index in [4.69, 9.17) is 4.74 Å². The Hall–Kier alpha value is -2.59. The molecule has 1 aromatic heterocycles. The predicted octanol–water partition coefficient (Wildman–Crippen LogP) is 4.13. The van der Waals surface area contributed by atoms with Gasteiger partial charge in [0.15, 0.2) is 5.96 Å². The summed E-state index contributed by atoms with van der Waals surface area (Å²) in [5.41, 5.74) is 3.16. The Balaban J connectivity index is 0.00000385. The van der Waals surface area contributed by atoms with Crippen molar-refractivity contribution in [1.82, 2.24) is 20.2 Å². The Morgan fingerprint density at radius 1 is 1.12 bits per heavy atom. The molecule has 0 amide bonds. The third-order valence-electron chi connectivity index (χ3n) is 4.78. The predicted molar refractivity (Wildman–Crippen MR) is 143 cm³/mol. The number of benzene rings is 2. The first-order valence-electron chi connectivity index (χ1n) is 11.0. The van der Waals surface area contributed by atoms with Crippen LogP contribution in [-0.4, -0.2) is 39.8 Å². The van der Waals surface area contributed by atoms with Gasteiger partial charge < -0.3 is 25.0 Å². The first-order chi connectivity index (χ1) is 15.5. The second kappa shape index (κ2) is 13.8. The van der Waals surface area contributed by atoms with E-state index in [-0.39, 0.29) is 30.1 Å². The molecule has 0 fully saturated rings. The van der Waals surface area contributed by atoms with Crippen LogP contribution in [0.15, 0.2) is 72.2 Å². The fourth-order valence-electron chi connectivity index (χ4n) is 3.28. The Bertz CT molecular complexity index is 975. The molecule has 1 unspecified atom stereocenters. The smallest absolute Gasteiger partial charge is 0.191 e. The zero-order valence-corrected chi connectivity index (χ0v) is 21.8. The van der Waals surface area contributed by atoms with Gasteiger partial charge in [-0.25, -0.2) is 9.98 Å². The summed E-state index contributed by atoms with van der Waals surface area (Å²) in [6, 6.07) is 15.9. The minimum atomic E-state index is -0.648. The van der Waals surface area contributed by atoms with E-state index in [2.05, 4.69) is 38.8 Å². The standard InChI is InChI=1S/C25H33N5O2.HI/c1-4-27-25(29-16-24(31)22-8-10-23(11-9-22)32-19(2)3)28-15-20-6-5-7-21(14-20)17-30-13-12-26-18-30;/h5-14,18-19,24,31H,4,15-17H2,1-3H3,(H2,27,28,29);1H. The van der Waals surface area contributed by atoms with Crippen molar-refractivity contribution in [2.75, 3.05) is 13.1 Å². The number of nitrogens with one attached hydrogen (secondary N) is 2. The molecular formula is C25H34IN5O2. The number of nitrogens with zero attached hydrogens (tertiary/aromatic N) is 3. The molecule has 1 heterocycles. The number of guanidine groups is 1. The number of aliphatic hydroxyl groups is 1. The van der Waals surface area contributed by atoms with E-state index in [1.807, 2.05) is 68.2 Å². The molecule has 0 aliphatic carbocycles. The van der Waals surface area contributed by atoms with E-state index in [1.165, 1.54) is 5.56 Å². The van der Waals surface area contributed by atoms with Crippen LogP contribution in [0.3, 0.4) is 0 Å². The zero-order chi connectivity index (χ0) is 22.8. The van der Waals surface area contributed by atoms with E-state index in [9.17, 15) is 5.11 Å². The van der Waals surface area contributed by atoms with Crippen molar-refractivity contribution in [2.24, 2.45) is 4.99 Å². The number of aliphatic hydroxyl groups excluding tert-OH is 1. The van der Waals surface area contributed by atoms with Crippen molar-refractivity contribution in [3.05, 3.63) is 83.9 Å². The molecule has 0 saturated heterocycles. The Kier molecular flexibility index (Phi) is 11.2. The summed E-state index contributed by atoms with van der Waals surface area (Å²) in [4.78, 5) is 8.77. The molecule has 0 saturated carbocycles. The lowest BCUT2D eigenvalue weighted by molar-refractivity contribution is 0.180. The molecule has 0 aliphatic heterocycles. The zero-order valence-electron chi connectivity index (χ0n) is 19.4. The summed E-state index contributed by atoms with van der Waals surface area (Å²) in [5.74, 6) is 1.47. The monoisotopic (exact) mass is 563 g/mol. The summed E-state index contributed by atoms with van der Waals surface area (Å²) in [6.07, 6.45) is 5.02. The maximum absolute atomic E-state index is 10.6. The molecule has 0 radical (unpaired) electrons. The second-order valence-electron chi connectivity index (χ2n) is 7.88. The van der Waals surface area contributed by atoms with Gasteiger partial charge in [0.25, 0.3) is 0 Å². The molecule has 2 aromatic carbocycles. The van der Waals surface area contributed by atoms with Crippen LogP contribution in [0.1, 0.15) is 43.6 Å². The molecule has 1 atom stereocenters. The van der Waals surface area contributed by atoms with E-state index >= 15 is 0 Å². The number of imidazole rings is 1. The quantitative estimate of drug-likeness (QED) is 0.196. The van der Waals surface area contributed by atoms with Gasteiger partial charge in [-0.2, -0.15) is 0 Å². The molecule has 3 aromatic rings. The van der Waals surface area contributed by atoms with Gasteiger partial charge in [0.1, 0.15) is 5.75 Å². The molecule has 3 N–H and O–H groups in total. The fraction of sp³-hybridized carbons (Fsp3) is 0.360. The van der Waals surface area contributed by atoms with Crippen LogP contribution in [0.4, 0.5) is 0 Å². The van der Waals surface area contributed by atoms with Gasteiger partial charge >= 0.3 is 0 Å². The second-order valence-corrected chi connectivity index (χ2v) is 7.88. The lowest BCUT2D eigenvalue weighted by Crippen LogP contribution is -2.39. The van der Waals surface area contributed by atoms with Gasteiger partial charge in [0.2, 0.25) is 0 Å². The van der Waals surface area contributed by atoms with E-state index in [1.54, 1.807) is 6.20 Å². The SMILES string of the molecule is CCNC(=NCc1cccc(Cn2ccnc2)c1)NCC(O)c1ccc(OC(C)C)cc1.I. The van der Waals surface area contributed by atoms with Crippen molar-refractivity contribution >= 4 is 29.9 Å². The number of rotatable bonds is 10. The van der Waals surface area contributed by atoms with Gasteiger partial charge in [-0.1, -0.05) is 36.4 Å². The van der Waals surface area contributed by atoms with Crippen LogP contribution < -0.4 is 15.4 Å². The summed E-state index contributed by atoms with van der Waals surface area (Å²) in [5, 5.41) is 17.0. The van der Waals surface area contributed by atoms with Crippen LogP contribution in [0.2, 0.25) is 0 Å². The van der Waals surface area contributed by atoms with Gasteiger partial charge in [0, 0.05) is 32.0 Å². The van der Waals surface area contributed by atoms with Crippen molar-refractivity contribution < 1.29 is 9.84 Å². The number of aliphatic imine (C=N–C) groups is 1. The Morgan fingerprint density at radius 2 is 1.88 bits per heavy atom. The number of aromatic nitrogens is 2. The third-order valence-corrected chi connectivity index (χ3v) is 4.78. The first-order valence-corrected chi connectivity index (χ1v) is 11.0. The number of hydrogen-bond donors (Lipinski definition) is 3. The summed E-state index contributed by atoms with van der Waals surface area (Å²) in [7, 11) is 0. The minimum absolute atomic E-state index is 0. The topological polar surface area (TPSA) is 83.7 Å². The van der Waals surface area contributed by atoms with E-state index < -0.39 is 6.10 Å². The van der Waals surface area contributed by atoms with Crippen LogP contribution in [-0.2, 0) is 13.1 Å². The maximum atomic E-state index is 10.6. The van der Waals surface area contributed by atoms with Crippen molar-refractivity contribution in [3.8, 4) is 5.75 Å². The summed E-state index contributed by atoms with van der Waals surface area (Å²) >= 11 is 0. The minimum Gasteiger partial charge on any atom is -0.491 e. The molecule has 178 valence electrons. The van der Waals surface area contributed by atoms with Crippen LogP contribution in [0.25, 0.3) is 0 Å². The van der Waals surface area contributed by atoms with E-state index in [0.29, 0.717) is 19.0 Å². The molecule has 0 spiro atoms. The van der Waals surface area contributed by atoms with Gasteiger partial charge in [0.05, 0.1) is 25.1 Å². The van der Waals surface area contributed by atoms with Crippen LogP contribution in [0, 0.1) is 0 Å². The summed E-state index contributed by atoms with van der Waals surface area (Å²) in [6.45, 7) is 8.43. The molecule has 33 heavy (non-hydrogen) atoms. The van der Waals surface area contributed by atoms with Crippen molar-refractivity contribution in [3.63, 3.8) is 0 Å². The number of hydrogen-bond acceptors (Lipinski definition) is 4. The summed E-state index contributed by atoms with van der Waals surface area (Å²) < 4.78 is 7.70. The average molecular weight is 563 g/mol. The third kappa shape index (κ3) is 9.05. The highest BCUT2D eigenvalue weighted by atomic mass is 127. The average Bonchev–Trinajstić information content (AvgIpc) is 3.29. The molecule has 3 rings (SSSR count). The molecule has 0 bridgehead atoms. The van der Waals surface area contributed by atoms with Gasteiger partial charge in [-0.3, -0.25) is 0 Å². The van der Waals surface area contributed by atoms with Gasteiger partial charge in [-0.05, 0) is 49.6 Å². The lowest BCUT2D eigenvalue weighted by atomic mass is 10.1. The molecule has 7 nitrogen and oxygen atoms in total. The van der Waals surface area contributed by atoms with Crippen LogP contribution in [0.5, 0.6) is 5.75 Å². The number of ether oxygens (including phenoxy) is 1. The lowest BCUT2D eigenvalue weighted by Gasteiger charge is -2.16. The van der Waals surface area contributed by atoms with Crippen molar-refractivity contribution in [2.45, 2.75) is 46.1 Å². The largest absolute Gasteiger partial charge is 0.491 e. The highest BCUT2D eigenvalue weighted by molar-refractivity contribution is 14.0. The fourth-order valence-corrected chi connectivity index (χ4v) is 3.28. The van der Waals surface area contributed by atoms with Crippen molar-refractivity contribution in [1.29, 1.82) is 0 Å². The number of halogens is 1. The van der Waals surface area contributed by atoms with E-state index in [0.717, 1.165) is 30.0 Å². The highest BCUT2D eigenvalue weighted by Crippen LogP contribution is 2.18. The highest BCUT2D eigenvalue weighted by Gasteiger charge is 2.09. The Morgan fingerprint density at radius 3 is 2.55 bits per heavy atom. The molecular weight excluding hydrogens is 529 g/mol.